The number of hydrogen-bond donors (Lipinski definition) is 0. The highest BCUT2D eigenvalue weighted by Crippen LogP contribution is 2.69. The second-order valence-corrected chi connectivity index (χ2v) is 11.2. The van der Waals surface area contributed by atoms with Gasteiger partial charge in [-0.15, -0.1) is 0 Å². The fourth-order valence-electron chi connectivity index (χ4n) is 3.87. The minimum absolute atomic E-state index is 0.192. The first kappa shape index (κ1) is 20.0. The van der Waals surface area contributed by atoms with Crippen molar-refractivity contribution in [3.8, 4) is 0 Å². The fourth-order valence-corrected chi connectivity index (χ4v) is 8.63. The molecule has 0 radical (unpaired) electrons. The van der Waals surface area contributed by atoms with Crippen LogP contribution < -0.4 is 0 Å². The predicted octanol–water partition coefficient (Wildman–Crippen LogP) is 8.11. The summed E-state index contributed by atoms with van der Waals surface area (Å²) in [7, 11) is 0. The van der Waals surface area contributed by atoms with Gasteiger partial charge in [0, 0.05) is 6.16 Å². The van der Waals surface area contributed by atoms with Crippen LogP contribution in [0.3, 0.4) is 0 Å². The first-order valence-corrected chi connectivity index (χ1v) is 13.1. The molecule has 29 heavy (non-hydrogen) atoms. The van der Waals surface area contributed by atoms with Crippen molar-refractivity contribution in [3.63, 3.8) is 0 Å². The Labute approximate surface area is 180 Å². The summed E-state index contributed by atoms with van der Waals surface area (Å²) in [5, 5.41) is -0.356. The van der Waals surface area contributed by atoms with E-state index < -0.39 is 6.62 Å². The summed E-state index contributed by atoms with van der Waals surface area (Å²) in [6.07, 6.45) is 0.756. The van der Waals surface area contributed by atoms with E-state index in [0.717, 1.165) is 11.7 Å². The Kier molecular flexibility index (Phi) is 6.23. The zero-order chi connectivity index (χ0) is 20.1. The van der Waals surface area contributed by atoms with E-state index in [2.05, 4.69) is 88.3 Å². The molecule has 0 saturated carbocycles. The highest BCUT2D eigenvalue weighted by atomic mass is 79.9. The lowest BCUT2D eigenvalue weighted by Gasteiger charge is -2.40. The lowest BCUT2D eigenvalue weighted by Crippen LogP contribution is -2.26. The molecule has 0 heterocycles. The molecular weight excluding hydrogens is 442 g/mol. The van der Waals surface area contributed by atoms with E-state index in [4.69, 9.17) is 0 Å². The van der Waals surface area contributed by atoms with Crippen LogP contribution in [0.15, 0.2) is 115 Å². The van der Waals surface area contributed by atoms with Crippen LogP contribution in [0, 0.1) is 5.82 Å². The van der Waals surface area contributed by atoms with E-state index in [1.54, 1.807) is 12.1 Å². The van der Waals surface area contributed by atoms with Crippen LogP contribution in [0.25, 0.3) is 0 Å². The summed E-state index contributed by atoms with van der Waals surface area (Å²) >= 11 is 4.12. The van der Waals surface area contributed by atoms with Gasteiger partial charge in [-0.1, -0.05) is 119 Å². The lowest BCUT2D eigenvalue weighted by molar-refractivity contribution is 0.626. The minimum Gasteiger partial charge on any atom is -0.207 e. The largest absolute Gasteiger partial charge is 0.207 e. The van der Waals surface area contributed by atoms with E-state index in [0.29, 0.717) is 0 Å². The Morgan fingerprint density at radius 3 is 1.48 bits per heavy atom. The normalized spacial score (nSPS) is 12.5. The maximum absolute atomic E-state index is 13.9. The third-order valence-corrected chi connectivity index (χ3v) is 9.64. The first-order valence-electron chi connectivity index (χ1n) is 9.55. The quantitative estimate of drug-likeness (QED) is 0.200. The Balaban J connectivity index is 1.94. The Morgan fingerprint density at radius 2 is 1.07 bits per heavy atom. The van der Waals surface area contributed by atoms with Crippen LogP contribution in [0.2, 0.25) is 0 Å². The third kappa shape index (κ3) is 4.06. The molecule has 0 aliphatic heterocycles. The van der Waals surface area contributed by atoms with Gasteiger partial charge in [0.1, 0.15) is 5.82 Å². The molecule has 4 rings (SSSR count). The van der Waals surface area contributed by atoms with Gasteiger partial charge in [0.2, 0.25) is 0 Å². The highest BCUT2D eigenvalue weighted by molar-refractivity contribution is 9.39. The lowest BCUT2D eigenvalue weighted by atomic mass is 9.84. The van der Waals surface area contributed by atoms with Gasteiger partial charge in [0.25, 0.3) is 0 Å². The minimum atomic E-state index is -0.800. The van der Waals surface area contributed by atoms with E-state index >= 15 is 0 Å². The van der Waals surface area contributed by atoms with Crippen LogP contribution in [0.1, 0.15) is 22.3 Å². The number of halogens is 2. The van der Waals surface area contributed by atoms with Crippen LogP contribution in [-0.2, 0) is 11.3 Å². The van der Waals surface area contributed by atoms with Gasteiger partial charge in [-0.2, -0.15) is 0 Å². The molecule has 0 fully saturated rings. The maximum atomic E-state index is 13.9. The Bertz CT molecular complexity index is 955. The monoisotopic (exact) mass is 462 g/mol. The molecule has 0 amide bonds. The smallest absolute Gasteiger partial charge is 0.123 e. The van der Waals surface area contributed by atoms with Crippen LogP contribution in [0.5, 0.6) is 0 Å². The first-order chi connectivity index (χ1) is 14.2. The van der Waals surface area contributed by atoms with Crippen LogP contribution >= 0.6 is 22.1 Å². The van der Waals surface area contributed by atoms with Gasteiger partial charge < -0.3 is 0 Å². The molecule has 0 saturated heterocycles. The predicted molar refractivity (Wildman–Crippen MR) is 125 cm³/mol. The van der Waals surface area contributed by atoms with Crippen molar-refractivity contribution in [1.82, 2.24) is 0 Å². The molecule has 4 aromatic carbocycles. The van der Waals surface area contributed by atoms with Crippen molar-refractivity contribution in [2.45, 2.75) is 11.3 Å². The zero-order valence-electron chi connectivity index (χ0n) is 15.9. The van der Waals surface area contributed by atoms with E-state index in [1.165, 1.54) is 22.8 Å². The van der Waals surface area contributed by atoms with Crippen molar-refractivity contribution in [2.24, 2.45) is 0 Å². The van der Waals surface area contributed by atoms with Gasteiger partial charge in [0.15, 0.2) is 0 Å². The Morgan fingerprint density at radius 1 is 0.621 bits per heavy atom. The summed E-state index contributed by atoms with van der Waals surface area (Å²) in [5.74, 6) is -0.192. The average molecular weight is 463 g/mol. The van der Waals surface area contributed by atoms with Crippen LogP contribution in [-0.4, -0.2) is 0 Å². The number of rotatable bonds is 6. The van der Waals surface area contributed by atoms with Gasteiger partial charge in [-0.05, 0) is 41.0 Å². The van der Waals surface area contributed by atoms with Gasteiger partial charge >= 0.3 is 0 Å². The number of hydrogen-bond acceptors (Lipinski definition) is 0. The topological polar surface area (TPSA) is 0 Å². The second-order valence-electron chi connectivity index (χ2n) is 6.96. The molecular formula is C26H21BrFP. The fraction of sp³-hybridized carbons (Fsp3) is 0.0769. The maximum Gasteiger partial charge on any atom is 0.123 e. The summed E-state index contributed by atoms with van der Waals surface area (Å²) in [6.45, 7) is -0.800. The molecule has 3 heteroatoms. The van der Waals surface area contributed by atoms with Crippen molar-refractivity contribution in [1.29, 1.82) is 0 Å². The standard InChI is InChI=1S/C26H21BrFP/c27-29(20-21-11-10-18-25(28)19-21)26(22-12-4-1-5-13-22,23-14-6-2-7-15-23)24-16-8-3-9-17-24/h1-19H,20H2. The zero-order valence-corrected chi connectivity index (χ0v) is 18.4. The summed E-state index contributed by atoms with van der Waals surface area (Å²) in [6, 6.07) is 38.8. The molecule has 0 nitrogen and oxygen atoms in total. The van der Waals surface area contributed by atoms with Crippen molar-refractivity contribution >= 4 is 22.1 Å². The molecule has 0 N–H and O–H groups in total. The average Bonchev–Trinajstić information content (AvgIpc) is 2.77. The van der Waals surface area contributed by atoms with Crippen molar-refractivity contribution in [3.05, 3.63) is 143 Å². The van der Waals surface area contributed by atoms with Gasteiger partial charge in [-0.25, -0.2) is 4.39 Å². The molecule has 144 valence electrons. The molecule has 1 atom stereocenters. The molecule has 1 unspecified atom stereocenters. The molecule has 0 aliphatic rings. The molecule has 4 aromatic rings. The van der Waals surface area contributed by atoms with E-state index in [9.17, 15) is 4.39 Å². The van der Waals surface area contributed by atoms with Crippen molar-refractivity contribution < 1.29 is 4.39 Å². The van der Waals surface area contributed by atoms with Gasteiger partial charge in [0.05, 0.1) is 5.16 Å². The SMILES string of the molecule is Fc1cccc(CP(Br)C(c2ccccc2)(c2ccccc2)c2ccccc2)c1. The molecule has 0 bridgehead atoms. The number of benzene rings is 4. The Hall–Kier alpha value is -2.28. The molecule has 0 spiro atoms. The molecule has 0 aliphatic carbocycles. The molecule has 0 aromatic heterocycles. The summed E-state index contributed by atoms with van der Waals surface area (Å²) < 4.78 is 13.9. The second kappa shape index (κ2) is 9.03. The third-order valence-electron chi connectivity index (χ3n) is 5.15. The van der Waals surface area contributed by atoms with E-state index in [-0.39, 0.29) is 11.0 Å². The summed E-state index contributed by atoms with van der Waals surface area (Å²) in [5.41, 5.74) is 4.70. The van der Waals surface area contributed by atoms with E-state index in [1.807, 2.05) is 24.3 Å². The summed E-state index contributed by atoms with van der Waals surface area (Å²) in [4.78, 5) is 0. The van der Waals surface area contributed by atoms with Crippen molar-refractivity contribution in [2.75, 3.05) is 0 Å². The van der Waals surface area contributed by atoms with Crippen LogP contribution in [0.4, 0.5) is 4.39 Å². The van der Waals surface area contributed by atoms with Gasteiger partial charge in [-0.3, -0.25) is 0 Å². The highest BCUT2D eigenvalue weighted by Gasteiger charge is 2.42.